The van der Waals surface area contributed by atoms with Crippen LogP contribution in [-0.2, 0) is 22.2 Å². The topological polar surface area (TPSA) is 59.1 Å². The number of esters is 1. The van der Waals surface area contributed by atoms with E-state index in [2.05, 4.69) is 0 Å². The zero-order chi connectivity index (χ0) is 23.4. The molecule has 0 radical (unpaired) electrons. The van der Waals surface area contributed by atoms with E-state index in [9.17, 15) is 22.8 Å². The molecule has 1 saturated heterocycles. The molecule has 1 atom stereocenters. The fourth-order valence-corrected chi connectivity index (χ4v) is 3.57. The summed E-state index contributed by atoms with van der Waals surface area (Å²) in [5.74, 6) is -0.628. The standard InChI is InChI=1S/C22H31F3N2O4/c1-6-30-19(28)16-7-8-17(18(11-16)22(23,24)25)14-27-10-9-15(13-27)12-26(5)20(29)31-21(2,3)4/h7-8,11,15H,6,9-10,12-14H2,1-5H3. The summed E-state index contributed by atoms with van der Waals surface area (Å²) in [7, 11) is 1.66. The lowest BCUT2D eigenvalue weighted by atomic mass is 10.0. The summed E-state index contributed by atoms with van der Waals surface area (Å²) < 4.78 is 50.9. The number of hydrogen-bond donors (Lipinski definition) is 0. The summed E-state index contributed by atoms with van der Waals surface area (Å²) in [5.41, 5.74) is -1.41. The Bertz CT molecular complexity index is 790. The first-order chi connectivity index (χ1) is 14.3. The average Bonchev–Trinajstić information content (AvgIpc) is 3.06. The molecule has 1 aromatic carbocycles. The Morgan fingerprint density at radius 1 is 1.23 bits per heavy atom. The molecule has 0 saturated carbocycles. The van der Waals surface area contributed by atoms with Gasteiger partial charge in [-0.1, -0.05) is 6.07 Å². The highest BCUT2D eigenvalue weighted by Crippen LogP contribution is 2.34. The largest absolute Gasteiger partial charge is 0.462 e. The summed E-state index contributed by atoms with van der Waals surface area (Å²) in [6, 6.07) is 3.57. The lowest BCUT2D eigenvalue weighted by Gasteiger charge is -2.26. The van der Waals surface area contributed by atoms with Gasteiger partial charge in [-0.05, 0) is 64.3 Å². The molecular weight excluding hydrogens is 413 g/mol. The van der Waals surface area contributed by atoms with Crippen molar-refractivity contribution in [1.29, 1.82) is 0 Å². The third-order valence-corrected chi connectivity index (χ3v) is 4.93. The Balaban J connectivity index is 2.03. The normalized spacial score (nSPS) is 17.5. The van der Waals surface area contributed by atoms with E-state index in [0.717, 1.165) is 12.5 Å². The van der Waals surface area contributed by atoms with E-state index >= 15 is 0 Å². The number of ether oxygens (including phenoxy) is 2. The van der Waals surface area contributed by atoms with Crippen molar-refractivity contribution in [3.8, 4) is 0 Å². The smallest absolute Gasteiger partial charge is 0.416 e. The van der Waals surface area contributed by atoms with E-state index in [0.29, 0.717) is 19.6 Å². The van der Waals surface area contributed by atoms with Crippen LogP contribution < -0.4 is 0 Å². The molecule has 1 aromatic rings. The van der Waals surface area contributed by atoms with Crippen LogP contribution in [0.5, 0.6) is 0 Å². The molecule has 0 bridgehead atoms. The summed E-state index contributed by atoms with van der Waals surface area (Å²) >= 11 is 0. The Labute approximate surface area is 181 Å². The first kappa shape index (κ1) is 25.0. The molecule has 6 nitrogen and oxygen atoms in total. The zero-order valence-electron chi connectivity index (χ0n) is 18.7. The summed E-state index contributed by atoms with van der Waals surface area (Å²) in [5, 5.41) is 0. The van der Waals surface area contributed by atoms with Gasteiger partial charge in [-0.25, -0.2) is 9.59 Å². The third kappa shape index (κ3) is 7.41. The van der Waals surface area contributed by atoms with Crippen molar-refractivity contribution in [1.82, 2.24) is 9.80 Å². The van der Waals surface area contributed by atoms with Gasteiger partial charge in [0.2, 0.25) is 0 Å². The van der Waals surface area contributed by atoms with Crippen molar-refractivity contribution in [3.05, 3.63) is 34.9 Å². The van der Waals surface area contributed by atoms with Crippen LogP contribution in [0, 0.1) is 5.92 Å². The van der Waals surface area contributed by atoms with Crippen molar-refractivity contribution in [2.75, 3.05) is 33.3 Å². The number of benzene rings is 1. The maximum Gasteiger partial charge on any atom is 0.416 e. The second kappa shape index (κ2) is 9.89. The predicted octanol–water partition coefficient (Wildman–Crippen LogP) is 4.57. The van der Waals surface area contributed by atoms with Crippen LogP contribution in [-0.4, -0.2) is 60.8 Å². The second-order valence-corrected chi connectivity index (χ2v) is 8.84. The summed E-state index contributed by atoms with van der Waals surface area (Å²) in [4.78, 5) is 27.4. The number of rotatable bonds is 6. The molecule has 0 spiro atoms. The number of carbonyl (C=O) groups excluding carboxylic acids is 2. The monoisotopic (exact) mass is 444 g/mol. The first-order valence-corrected chi connectivity index (χ1v) is 10.3. The highest BCUT2D eigenvalue weighted by molar-refractivity contribution is 5.89. The van der Waals surface area contributed by atoms with Gasteiger partial charge in [-0.15, -0.1) is 0 Å². The lowest BCUT2D eigenvalue weighted by molar-refractivity contribution is -0.138. The van der Waals surface area contributed by atoms with E-state index in [1.807, 2.05) is 4.90 Å². The average molecular weight is 444 g/mol. The molecule has 0 aliphatic carbocycles. The van der Waals surface area contributed by atoms with Gasteiger partial charge < -0.3 is 14.4 Å². The number of nitrogens with zero attached hydrogens (tertiary/aromatic N) is 2. The molecule has 1 aliphatic heterocycles. The third-order valence-electron chi connectivity index (χ3n) is 4.93. The predicted molar refractivity (Wildman–Crippen MR) is 110 cm³/mol. The Kier molecular flexibility index (Phi) is 7.97. The maximum absolute atomic E-state index is 13.6. The van der Waals surface area contributed by atoms with Crippen LogP contribution in [0.4, 0.5) is 18.0 Å². The minimum atomic E-state index is -4.58. The fourth-order valence-electron chi connectivity index (χ4n) is 3.57. The molecule has 0 aromatic heterocycles. The van der Waals surface area contributed by atoms with Crippen LogP contribution in [0.25, 0.3) is 0 Å². The van der Waals surface area contributed by atoms with Crippen LogP contribution in [0.3, 0.4) is 0 Å². The van der Waals surface area contributed by atoms with E-state index < -0.39 is 29.4 Å². The van der Waals surface area contributed by atoms with Gasteiger partial charge in [0.25, 0.3) is 0 Å². The number of hydrogen-bond acceptors (Lipinski definition) is 5. The minimum absolute atomic E-state index is 0.0921. The van der Waals surface area contributed by atoms with Crippen LogP contribution in [0.2, 0.25) is 0 Å². The van der Waals surface area contributed by atoms with Crippen LogP contribution in [0.15, 0.2) is 18.2 Å². The summed E-state index contributed by atoms with van der Waals surface area (Å²) in [6.07, 6.45) is -4.22. The molecule has 9 heteroatoms. The number of likely N-dealkylation sites (tertiary alicyclic amines) is 1. The molecule has 2 rings (SSSR count). The lowest BCUT2D eigenvalue weighted by Crippen LogP contribution is -2.37. The van der Waals surface area contributed by atoms with E-state index in [-0.39, 0.29) is 30.2 Å². The van der Waals surface area contributed by atoms with Gasteiger partial charge in [0.15, 0.2) is 0 Å². The highest BCUT2D eigenvalue weighted by Gasteiger charge is 2.35. The van der Waals surface area contributed by atoms with Crippen LogP contribution >= 0.6 is 0 Å². The second-order valence-electron chi connectivity index (χ2n) is 8.84. The van der Waals surface area contributed by atoms with E-state index in [1.165, 1.54) is 17.0 Å². The number of carbonyl (C=O) groups is 2. The van der Waals surface area contributed by atoms with Crippen LogP contribution in [0.1, 0.15) is 55.6 Å². The highest BCUT2D eigenvalue weighted by atomic mass is 19.4. The molecule has 174 valence electrons. The number of halogens is 3. The van der Waals surface area contributed by atoms with Gasteiger partial charge in [0, 0.05) is 26.7 Å². The SMILES string of the molecule is CCOC(=O)c1ccc(CN2CCC(CN(C)C(=O)OC(C)(C)C)C2)c(C(F)(F)F)c1. The Hall–Kier alpha value is -2.29. The van der Waals surface area contributed by atoms with Crippen molar-refractivity contribution in [2.24, 2.45) is 5.92 Å². The number of amides is 1. The minimum Gasteiger partial charge on any atom is -0.462 e. The van der Waals surface area contributed by atoms with Gasteiger partial charge in [0.05, 0.1) is 17.7 Å². The Morgan fingerprint density at radius 3 is 2.48 bits per heavy atom. The van der Waals surface area contributed by atoms with E-state index in [4.69, 9.17) is 9.47 Å². The molecule has 1 amide bonds. The van der Waals surface area contributed by atoms with E-state index in [1.54, 1.807) is 34.7 Å². The van der Waals surface area contributed by atoms with Crippen molar-refractivity contribution >= 4 is 12.1 Å². The molecule has 1 aliphatic rings. The molecule has 1 fully saturated rings. The van der Waals surface area contributed by atoms with Crippen molar-refractivity contribution in [2.45, 2.75) is 52.4 Å². The molecule has 1 unspecified atom stereocenters. The molecule has 1 heterocycles. The van der Waals surface area contributed by atoms with Crippen molar-refractivity contribution in [3.63, 3.8) is 0 Å². The Morgan fingerprint density at radius 2 is 1.90 bits per heavy atom. The van der Waals surface area contributed by atoms with Gasteiger partial charge in [-0.3, -0.25) is 4.90 Å². The molecular formula is C22H31F3N2O4. The quantitative estimate of drug-likeness (QED) is 0.602. The van der Waals surface area contributed by atoms with Crippen molar-refractivity contribution < 1.29 is 32.2 Å². The fraction of sp³-hybridized carbons (Fsp3) is 0.636. The zero-order valence-corrected chi connectivity index (χ0v) is 18.7. The van der Waals surface area contributed by atoms with Gasteiger partial charge >= 0.3 is 18.2 Å². The molecule has 0 N–H and O–H groups in total. The van der Waals surface area contributed by atoms with Gasteiger partial charge in [-0.2, -0.15) is 13.2 Å². The summed E-state index contributed by atoms with van der Waals surface area (Å²) in [6.45, 7) is 8.86. The number of alkyl halides is 3. The maximum atomic E-state index is 13.6. The van der Waals surface area contributed by atoms with Gasteiger partial charge in [0.1, 0.15) is 5.60 Å². The molecule has 31 heavy (non-hydrogen) atoms. The first-order valence-electron chi connectivity index (χ1n) is 10.3.